The largest absolute Gasteiger partial charge is 0.468 e. The fourth-order valence-corrected chi connectivity index (χ4v) is 3.12. The van der Waals surface area contributed by atoms with Gasteiger partial charge in [0.2, 0.25) is 0 Å². The summed E-state index contributed by atoms with van der Waals surface area (Å²) in [5.74, 6) is -1.05. The van der Waals surface area contributed by atoms with Crippen LogP contribution < -0.4 is 11.2 Å². The van der Waals surface area contributed by atoms with E-state index in [1.54, 1.807) is 0 Å². The highest BCUT2D eigenvalue weighted by Crippen LogP contribution is 2.13. The second-order valence-corrected chi connectivity index (χ2v) is 6.73. The molecular formula is C21H22N4O5. The Morgan fingerprint density at radius 1 is 1.20 bits per heavy atom. The quantitative estimate of drug-likeness (QED) is 0.588. The van der Waals surface area contributed by atoms with E-state index in [1.165, 1.54) is 28.8 Å². The Kier molecular flexibility index (Phi) is 6.41. The third kappa shape index (κ3) is 4.45. The van der Waals surface area contributed by atoms with E-state index in [0.29, 0.717) is 13.0 Å². The maximum atomic E-state index is 13.1. The summed E-state index contributed by atoms with van der Waals surface area (Å²) >= 11 is 0. The van der Waals surface area contributed by atoms with Gasteiger partial charge in [0.1, 0.15) is 12.2 Å². The number of carbonyl (C=O) groups excluding carboxylic acids is 2. The molecule has 0 aliphatic carbocycles. The second-order valence-electron chi connectivity index (χ2n) is 6.73. The van der Waals surface area contributed by atoms with Crippen LogP contribution in [0.4, 0.5) is 0 Å². The lowest BCUT2D eigenvalue weighted by Gasteiger charge is -2.21. The topological polar surface area (TPSA) is 114 Å². The molecule has 1 N–H and O–H groups in total. The lowest BCUT2D eigenvalue weighted by atomic mass is 10.1. The highest BCUT2D eigenvalue weighted by atomic mass is 16.5. The van der Waals surface area contributed by atoms with Crippen LogP contribution >= 0.6 is 0 Å². The number of benzene rings is 1. The molecule has 2 aromatic heterocycles. The van der Waals surface area contributed by atoms with Crippen molar-refractivity contribution in [1.29, 1.82) is 0 Å². The van der Waals surface area contributed by atoms with E-state index in [9.17, 15) is 19.2 Å². The summed E-state index contributed by atoms with van der Waals surface area (Å²) in [5.41, 5.74) is 0.0156. The molecule has 30 heavy (non-hydrogen) atoms. The van der Waals surface area contributed by atoms with Crippen LogP contribution in [0.3, 0.4) is 0 Å². The molecule has 3 rings (SSSR count). The first-order chi connectivity index (χ1) is 14.4. The zero-order valence-electron chi connectivity index (χ0n) is 16.8. The van der Waals surface area contributed by atoms with Crippen molar-refractivity contribution < 1.29 is 14.3 Å². The summed E-state index contributed by atoms with van der Waals surface area (Å²) in [7, 11) is 1.25. The number of hydrogen-bond donors (Lipinski definition) is 1. The fourth-order valence-electron chi connectivity index (χ4n) is 3.12. The van der Waals surface area contributed by atoms with Gasteiger partial charge >= 0.3 is 11.7 Å². The van der Waals surface area contributed by atoms with Crippen LogP contribution in [0.15, 0.2) is 52.2 Å². The Bertz CT molecular complexity index is 1180. The molecule has 156 valence electrons. The van der Waals surface area contributed by atoms with Gasteiger partial charge in [-0.05, 0) is 18.1 Å². The maximum absolute atomic E-state index is 13.1. The van der Waals surface area contributed by atoms with Crippen molar-refractivity contribution >= 4 is 22.9 Å². The van der Waals surface area contributed by atoms with Crippen LogP contribution in [0, 0.1) is 0 Å². The number of nitrogens with one attached hydrogen (secondary N) is 1. The molecule has 0 atom stereocenters. The van der Waals surface area contributed by atoms with Gasteiger partial charge in [-0.2, -0.15) is 0 Å². The predicted molar refractivity (Wildman–Crippen MR) is 110 cm³/mol. The lowest BCUT2D eigenvalue weighted by Crippen LogP contribution is -2.36. The third-order valence-electron chi connectivity index (χ3n) is 4.58. The van der Waals surface area contributed by atoms with Crippen molar-refractivity contribution in [2.24, 2.45) is 0 Å². The number of fused-ring (bicyclic) bond motifs is 1. The maximum Gasteiger partial charge on any atom is 0.329 e. The molecule has 1 amide bonds. The molecule has 0 saturated heterocycles. The van der Waals surface area contributed by atoms with E-state index < -0.39 is 23.1 Å². The van der Waals surface area contributed by atoms with Gasteiger partial charge in [-0.3, -0.25) is 23.9 Å². The van der Waals surface area contributed by atoms with E-state index in [-0.39, 0.29) is 29.7 Å². The summed E-state index contributed by atoms with van der Waals surface area (Å²) in [6.45, 7) is 2.21. The standard InChI is InChI=1S/C21H22N4O5/c1-3-9-25-18-16(19(27)23-21(25)29)10-15(11-22-18)20(28)24(13-17(26)30-2)12-14-7-5-4-6-8-14/h4-8,10-11H,3,9,12-13H2,1-2H3,(H,23,27,29). The number of hydrogen-bond acceptors (Lipinski definition) is 6. The summed E-state index contributed by atoms with van der Waals surface area (Å²) in [4.78, 5) is 57.1. The highest BCUT2D eigenvalue weighted by molar-refractivity contribution is 5.98. The number of ether oxygens (including phenoxy) is 1. The van der Waals surface area contributed by atoms with Gasteiger partial charge in [-0.1, -0.05) is 37.3 Å². The van der Waals surface area contributed by atoms with Gasteiger partial charge < -0.3 is 9.64 Å². The smallest absolute Gasteiger partial charge is 0.329 e. The normalized spacial score (nSPS) is 10.7. The third-order valence-corrected chi connectivity index (χ3v) is 4.58. The summed E-state index contributed by atoms with van der Waals surface area (Å²) in [5, 5.41) is 0.131. The van der Waals surface area contributed by atoms with Crippen molar-refractivity contribution in [1.82, 2.24) is 19.4 Å². The van der Waals surface area contributed by atoms with Crippen molar-refractivity contribution in [3.8, 4) is 0 Å². The molecular weight excluding hydrogens is 388 g/mol. The van der Waals surface area contributed by atoms with Crippen molar-refractivity contribution in [3.63, 3.8) is 0 Å². The molecule has 0 aliphatic rings. The Morgan fingerprint density at radius 2 is 1.93 bits per heavy atom. The molecule has 0 radical (unpaired) electrons. The van der Waals surface area contributed by atoms with E-state index in [4.69, 9.17) is 4.74 Å². The monoisotopic (exact) mass is 410 g/mol. The molecule has 1 aromatic carbocycles. The van der Waals surface area contributed by atoms with Gasteiger partial charge in [0.15, 0.2) is 0 Å². The average molecular weight is 410 g/mol. The minimum Gasteiger partial charge on any atom is -0.468 e. The zero-order chi connectivity index (χ0) is 21.7. The number of aromatic amines is 1. The number of pyridine rings is 1. The average Bonchev–Trinajstić information content (AvgIpc) is 2.76. The molecule has 9 heteroatoms. The first kappa shape index (κ1) is 21.0. The minimum atomic E-state index is -0.618. The second kappa shape index (κ2) is 9.17. The molecule has 0 fully saturated rings. The van der Waals surface area contributed by atoms with Crippen LogP contribution in [0.5, 0.6) is 0 Å². The number of nitrogens with zero attached hydrogens (tertiary/aromatic N) is 3. The molecule has 3 aromatic rings. The SMILES string of the molecule is CCCn1c(=O)[nH]c(=O)c2cc(C(=O)N(CC(=O)OC)Cc3ccccc3)cnc21. The Labute approximate surface area is 171 Å². The predicted octanol–water partition coefficient (Wildman–Crippen LogP) is 1.31. The number of aromatic nitrogens is 3. The zero-order valence-corrected chi connectivity index (χ0v) is 16.8. The van der Waals surface area contributed by atoms with Crippen LogP contribution in [0.25, 0.3) is 11.0 Å². The first-order valence-electron chi connectivity index (χ1n) is 9.47. The van der Waals surface area contributed by atoms with E-state index in [1.807, 2.05) is 37.3 Å². The van der Waals surface area contributed by atoms with Gasteiger partial charge in [-0.15, -0.1) is 0 Å². The van der Waals surface area contributed by atoms with Gasteiger partial charge in [0, 0.05) is 19.3 Å². The van der Waals surface area contributed by atoms with Crippen LogP contribution in [0.2, 0.25) is 0 Å². The first-order valence-corrected chi connectivity index (χ1v) is 9.47. The molecule has 0 saturated carbocycles. The number of esters is 1. The van der Waals surface area contributed by atoms with E-state index in [0.717, 1.165) is 5.56 Å². The van der Waals surface area contributed by atoms with Crippen LogP contribution in [-0.4, -0.2) is 45.0 Å². The van der Waals surface area contributed by atoms with Gasteiger partial charge in [-0.25, -0.2) is 9.78 Å². The lowest BCUT2D eigenvalue weighted by molar-refractivity contribution is -0.141. The van der Waals surface area contributed by atoms with E-state index >= 15 is 0 Å². The Hall–Kier alpha value is -3.75. The minimum absolute atomic E-state index is 0.131. The number of aryl methyl sites for hydroxylation is 1. The number of amides is 1. The number of methoxy groups -OCH3 is 1. The molecule has 2 heterocycles. The summed E-state index contributed by atoms with van der Waals surface area (Å²) in [6, 6.07) is 10.6. The Morgan fingerprint density at radius 3 is 2.60 bits per heavy atom. The molecule has 0 aliphatic heterocycles. The van der Waals surface area contributed by atoms with Crippen LogP contribution in [-0.2, 0) is 22.6 Å². The fraction of sp³-hybridized carbons (Fsp3) is 0.286. The van der Waals surface area contributed by atoms with E-state index in [2.05, 4.69) is 9.97 Å². The summed E-state index contributed by atoms with van der Waals surface area (Å²) < 4.78 is 6.07. The number of carbonyl (C=O) groups is 2. The van der Waals surface area contributed by atoms with Crippen molar-refractivity contribution in [2.75, 3.05) is 13.7 Å². The van der Waals surface area contributed by atoms with Gasteiger partial charge in [0.25, 0.3) is 11.5 Å². The van der Waals surface area contributed by atoms with Gasteiger partial charge in [0.05, 0.1) is 18.1 Å². The molecule has 0 spiro atoms. The molecule has 0 bridgehead atoms. The molecule has 9 nitrogen and oxygen atoms in total. The molecule has 0 unspecified atom stereocenters. The van der Waals surface area contributed by atoms with Crippen LogP contribution in [0.1, 0.15) is 29.3 Å². The summed E-state index contributed by atoms with van der Waals surface area (Å²) in [6.07, 6.45) is 1.98. The highest BCUT2D eigenvalue weighted by Gasteiger charge is 2.21. The van der Waals surface area contributed by atoms with Crippen molar-refractivity contribution in [3.05, 3.63) is 74.6 Å². The van der Waals surface area contributed by atoms with Crippen molar-refractivity contribution in [2.45, 2.75) is 26.4 Å². The number of H-pyrrole nitrogens is 1. The number of rotatable bonds is 7. The Balaban J connectivity index is 2.02.